The van der Waals surface area contributed by atoms with Crippen LogP contribution in [0.15, 0.2) is 133 Å². The summed E-state index contributed by atoms with van der Waals surface area (Å²) in [5.74, 6) is 0. The second-order valence-electron chi connectivity index (χ2n) is 22.0. The second-order valence-corrected chi connectivity index (χ2v) is 22.0. The Morgan fingerprint density at radius 2 is 0.478 bits per heavy atom. The molecule has 0 radical (unpaired) electrons. The van der Waals surface area contributed by atoms with E-state index in [0.29, 0.717) is 238 Å². The van der Waals surface area contributed by atoms with E-state index in [2.05, 4.69) is 120 Å². The fourth-order valence-electron chi connectivity index (χ4n) is 7.16. The molecule has 113 heavy (non-hydrogen) atoms. The molecule has 0 aromatic heterocycles. The molecule has 1 fully saturated rings. The van der Waals surface area contributed by atoms with Crippen molar-refractivity contribution in [3.8, 4) is 0 Å². The highest BCUT2D eigenvalue weighted by Gasteiger charge is 2.09. The van der Waals surface area contributed by atoms with Crippen LogP contribution < -0.4 is 0 Å². The van der Waals surface area contributed by atoms with E-state index >= 15 is 0 Å². The summed E-state index contributed by atoms with van der Waals surface area (Å²) in [7, 11) is 13.2. The smallest absolute Gasteiger partial charge is 0.104 e. The van der Waals surface area contributed by atoms with Gasteiger partial charge in [0.15, 0.2) is 0 Å². The van der Waals surface area contributed by atoms with E-state index in [4.69, 9.17) is 109 Å². The lowest BCUT2D eigenvalue weighted by Crippen LogP contribution is -2.28. The van der Waals surface area contributed by atoms with Crippen LogP contribution in [0.4, 0.5) is 0 Å². The molecular formula is C90H168O23. The normalized spacial score (nSPS) is 12.4. The third-order valence-electron chi connectivity index (χ3n) is 12.5. The van der Waals surface area contributed by atoms with E-state index in [9.17, 15) is 0 Å². The highest BCUT2D eigenvalue weighted by Crippen LogP contribution is 2.14. The molecule has 0 aliphatic carbocycles. The number of methoxy groups -OCH3 is 8. The SMILES string of the molecule is CC.CC.CC.CC.CCC.CCOCCOCCOCCOC.COCC1COCCOCCOCCOCCOCCO1.COCCOCCOCCOC.COCCOCCOCCOC.COCCOCCOCCOC.Cc1ccc2ccccc2c1.Cc1ccccc1.Cc1ccccc1.Cc1ccccc1. The number of rotatable bonds is 39. The van der Waals surface area contributed by atoms with E-state index in [1.165, 1.54) is 39.4 Å². The zero-order valence-corrected chi connectivity index (χ0v) is 75.5. The zero-order chi connectivity index (χ0) is 85.7. The quantitative estimate of drug-likeness (QED) is 0.0335. The molecule has 1 heterocycles. The summed E-state index contributed by atoms with van der Waals surface area (Å²) in [6.45, 7) is 52.9. The maximum Gasteiger partial charge on any atom is 0.104 e. The highest BCUT2D eigenvalue weighted by molar-refractivity contribution is 5.82. The minimum absolute atomic E-state index is 0.0860. The molecule has 1 saturated heterocycles. The van der Waals surface area contributed by atoms with Gasteiger partial charge in [0.2, 0.25) is 0 Å². The Kier molecular flexibility index (Phi) is 135. The van der Waals surface area contributed by atoms with Crippen LogP contribution in [0.3, 0.4) is 0 Å². The summed E-state index contributed by atoms with van der Waals surface area (Å²) in [6.07, 6.45) is 1.16. The molecule has 0 N–H and O–H groups in total. The second kappa shape index (κ2) is 123. The number of hydrogen-bond donors (Lipinski definition) is 0. The van der Waals surface area contributed by atoms with Gasteiger partial charge in [0.05, 0.1) is 238 Å². The number of hydrogen-bond acceptors (Lipinski definition) is 23. The first-order chi connectivity index (χ1) is 55.5. The van der Waals surface area contributed by atoms with Gasteiger partial charge in [-0.2, -0.15) is 0 Å². The first-order valence-electron chi connectivity index (χ1n) is 40.7. The lowest BCUT2D eigenvalue weighted by Gasteiger charge is -2.17. The molecule has 6 rings (SSSR count). The van der Waals surface area contributed by atoms with Crippen LogP contribution in [-0.2, 0) is 109 Å². The van der Waals surface area contributed by atoms with Crippen molar-refractivity contribution < 1.29 is 109 Å². The third-order valence-corrected chi connectivity index (χ3v) is 12.5. The lowest BCUT2D eigenvalue weighted by atomic mass is 10.1. The minimum Gasteiger partial charge on any atom is -0.382 e. The van der Waals surface area contributed by atoms with Crippen molar-refractivity contribution in [3.63, 3.8) is 0 Å². The standard InChI is InChI=1S/C14H28O7.C11H10.C9H20O4.3C8H18O4.3C7H8.C3H8.4C2H6/c1-15-12-14-13-20-9-8-18-5-4-16-2-3-17-6-7-19-10-11-21-14;1-9-6-7-10-4-2-3-5-11(10)8-9;1-3-11-6-7-13-9-8-12-5-4-10-2;3*1-9-3-5-11-7-8-12-6-4-10-2;3*1-7-5-3-2-4-6-7;1-3-2;4*1-2/h14H,2-13H2,1H3;2-8H,1H3;3-9H2,1-2H3;3*3-8H2,1-2H3;3*2-6H,1H3;3H2,1-2H3;4*1-2H3. The molecule has 5 aromatic rings. The molecule has 0 saturated carbocycles. The van der Waals surface area contributed by atoms with Crippen LogP contribution in [0.5, 0.6) is 0 Å². The van der Waals surface area contributed by atoms with Crippen molar-refractivity contribution in [2.24, 2.45) is 0 Å². The molecular weight excluding hydrogens is 1450 g/mol. The van der Waals surface area contributed by atoms with Gasteiger partial charge in [-0.05, 0) is 45.4 Å². The van der Waals surface area contributed by atoms with E-state index in [1.54, 1.807) is 56.9 Å². The van der Waals surface area contributed by atoms with Gasteiger partial charge in [-0.25, -0.2) is 0 Å². The van der Waals surface area contributed by atoms with Crippen LogP contribution in [0.25, 0.3) is 10.8 Å². The molecule has 23 heteroatoms. The van der Waals surface area contributed by atoms with Gasteiger partial charge in [-0.1, -0.05) is 231 Å². The topological polar surface area (TPSA) is 212 Å². The van der Waals surface area contributed by atoms with Crippen LogP contribution in [0.2, 0.25) is 0 Å². The van der Waals surface area contributed by atoms with Gasteiger partial charge < -0.3 is 109 Å². The molecule has 1 aliphatic rings. The van der Waals surface area contributed by atoms with Crippen molar-refractivity contribution in [2.45, 2.75) is 116 Å². The van der Waals surface area contributed by atoms with Gasteiger partial charge in [0.25, 0.3) is 0 Å². The van der Waals surface area contributed by atoms with Crippen molar-refractivity contribution in [1.82, 2.24) is 0 Å². The Labute approximate surface area is 690 Å². The van der Waals surface area contributed by atoms with Crippen LogP contribution in [0.1, 0.15) is 105 Å². The maximum absolute atomic E-state index is 5.65. The maximum atomic E-state index is 5.65. The zero-order valence-electron chi connectivity index (χ0n) is 75.5. The molecule has 1 unspecified atom stereocenters. The molecule has 666 valence electrons. The molecule has 23 nitrogen and oxygen atoms in total. The Morgan fingerprint density at radius 3 is 0.717 bits per heavy atom. The minimum atomic E-state index is -0.0860. The van der Waals surface area contributed by atoms with Gasteiger partial charge in [-0.15, -0.1) is 0 Å². The summed E-state index contributed by atoms with van der Waals surface area (Å²) < 4.78 is 118. The van der Waals surface area contributed by atoms with E-state index in [1.807, 2.05) is 117 Å². The van der Waals surface area contributed by atoms with Crippen molar-refractivity contribution in [3.05, 3.63) is 156 Å². The third kappa shape index (κ3) is 121. The van der Waals surface area contributed by atoms with Gasteiger partial charge in [0.1, 0.15) is 6.10 Å². The number of benzene rings is 5. The predicted octanol–water partition coefficient (Wildman–Crippen LogP) is 16.4. The Bertz CT molecular complexity index is 2090. The van der Waals surface area contributed by atoms with Crippen molar-refractivity contribution in [2.75, 3.05) is 301 Å². The Balaban J connectivity index is -0.000000183. The summed E-state index contributed by atoms with van der Waals surface area (Å²) in [5.41, 5.74) is 5.29. The lowest BCUT2D eigenvalue weighted by molar-refractivity contribution is -0.0791. The molecule has 1 aliphatic heterocycles. The molecule has 0 amide bonds. The fourth-order valence-corrected chi connectivity index (χ4v) is 7.16. The van der Waals surface area contributed by atoms with E-state index in [-0.39, 0.29) is 6.10 Å². The Morgan fingerprint density at radius 1 is 0.248 bits per heavy atom. The largest absolute Gasteiger partial charge is 0.382 e. The van der Waals surface area contributed by atoms with Gasteiger partial charge >= 0.3 is 0 Å². The number of ether oxygens (including phenoxy) is 23. The molecule has 0 spiro atoms. The number of aryl methyl sites for hydroxylation is 4. The van der Waals surface area contributed by atoms with Crippen molar-refractivity contribution in [1.29, 1.82) is 0 Å². The predicted molar refractivity (Wildman–Crippen MR) is 465 cm³/mol. The van der Waals surface area contributed by atoms with Gasteiger partial charge in [-0.3, -0.25) is 0 Å². The van der Waals surface area contributed by atoms with E-state index in [0.717, 1.165) is 6.61 Å². The summed E-state index contributed by atoms with van der Waals surface area (Å²) in [5, 5.41) is 2.64. The Hall–Kier alpha value is -4.56. The average molecular weight is 1620 g/mol. The number of fused-ring (bicyclic) bond motifs is 1. The van der Waals surface area contributed by atoms with E-state index < -0.39 is 0 Å². The van der Waals surface area contributed by atoms with Crippen LogP contribution >= 0.6 is 0 Å². The summed E-state index contributed by atoms with van der Waals surface area (Å²) in [4.78, 5) is 0. The fraction of sp³-hybridized carbons (Fsp3) is 0.689. The monoisotopic (exact) mass is 1620 g/mol. The average Bonchev–Trinajstić information content (AvgIpc) is 0.855. The summed E-state index contributed by atoms with van der Waals surface area (Å²) in [6, 6.07) is 45.7. The van der Waals surface area contributed by atoms with Gasteiger partial charge in [0, 0.05) is 63.5 Å². The summed E-state index contributed by atoms with van der Waals surface area (Å²) >= 11 is 0. The molecule has 0 bridgehead atoms. The molecule has 1 atom stereocenters. The van der Waals surface area contributed by atoms with Crippen LogP contribution in [-0.4, -0.2) is 307 Å². The molecule has 5 aromatic carbocycles. The van der Waals surface area contributed by atoms with Crippen molar-refractivity contribution >= 4 is 10.8 Å². The van der Waals surface area contributed by atoms with Crippen LogP contribution in [0, 0.1) is 27.7 Å². The first kappa shape index (κ1) is 124. The highest BCUT2D eigenvalue weighted by atomic mass is 16.6. The first-order valence-corrected chi connectivity index (χ1v) is 40.7.